The lowest BCUT2D eigenvalue weighted by Gasteiger charge is -2.23. The molecule has 7 heteroatoms. The molecule has 0 bridgehead atoms. The van der Waals surface area contributed by atoms with E-state index >= 15 is 0 Å². The van der Waals surface area contributed by atoms with Crippen molar-refractivity contribution in [3.8, 4) is 0 Å². The molecule has 1 saturated carbocycles. The summed E-state index contributed by atoms with van der Waals surface area (Å²) in [5.74, 6) is -1.08. The van der Waals surface area contributed by atoms with Gasteiger partial charge in [-0.1, -0.05) is 0 Å². The Hall–Kier alpha value is -1.89. The van der Waals surface area contributed by atoms with Gasteiger partial charge < -0.3 is 0 Å². The minimum absolute atomic E-state index is 0.134. The first-order chi connectivity index (χ1) is 9.01. The number of ketones is 2. The summed E-state index contributed by atoms with van der Waals surface area (Å²) in [6.07, 6.45) is 0.738. The predicted molar refractivity (Wildman–Crippen MR) is 65.5 cm³/mol. The number of nitrogens with one attached hydrogen (secondary N) is 1. The zero-order chi connectivity index (χ0) is 14.0. The van der Waals surface area contributed by atoms with Gasteiger partial charge in [-0.2, -0.15) is 0 Å². The predicted octanol–water partition coefficient (Wildman–Crippen LogP) is -0.946. The molecule has 0 atom stereocenters. The summed E-state index contributed by atoms with van der Waals surface area (Å²) >= 11 is 0. The fraction of sp³-hybridized carbons (Fsp3) is 0.583. The van der Waals surface area contributed by atoms with Gasteiger partial charge in [0.1, 0.15) is 0 Å². The van der Waals surface area contributed by atoms with Gasteiger partial charge in [-0.3, -0.25) is 34.4 Å². The molecule has 7 nitrogen and oxygen atoms in total. The lowest BCUT2D eigenvalue weighted by atomic mass is 10.1. The summed E-state index contributed by atoms with van der Waals surface area (Å²) in [5, 5.41) is 2.74. The van der Waals surface area contributed by atoms with Gasteiger partial charge in [-0.05, 0) is 6.72 Å². The van der Waals surface area contributed by atoms with E-state index < -0.39 is 5.66 Å². The van der Waals surface area contributed by atoms with E-state index in [1.165, 1.54) is 0 Å². The van der Waals surface area contributed by atoms with Gasteiger partial charge in [-0.15, -0.1) is 0 Å². The normalized spacial score (nSPS) is 22.4. The van der Waals surface area contributed by atoms with Crippen LogP contribution in [0.5, 0.6) is 0 Å². The van der Waals surface area contributed by atoms with Crippen LogP contribution in [-0.2, 0) is 19.2 Å². The minimum atomic E-state index is -1.58. The van der Waals surface area contributed by atoms with Crippen molar-refractivity contribution < 1.29 is 19.2 Å². The largest absolute Gasteiger partial charge is 0.295 e. The first-order valence-electron chi connectivity index (χ1n) is 6.14. The summed E-state index contributed by atoms with van der Waals surface area (Å²) < 4.78 is 0. The number of imide groups is 1. The lowest BCUT2D eigenvalue weighted by molar-refractivity contribution is -0.138. The maximum atomic E-state index is 11.7. The number of Topliss-reactive ketones (excluding diaryl/α,β-unsaturated/α-hetero) is 2. The van der Waals surface area contributed by atoms with Crippen molar-refractivity contribution in [2.45, 2.75) is 31.3 Å². The van der Waals surface area contributed by atoms with Crippen LogP contribution < -0.4 is 5.32 Å². The van der Waals surface area contributed by atoms with Crippen molar-refractivity contribution in [1.29, 1.82) is 0 Å². The molecular weight excluding hydrogens is 250 g/mol. The average molecular weight is 265 g/mol. The van der Waals surface area contributed by atoms with Crippen molar-refractivity contribution >= 4 is 30.1 Å². The highest BCUT2D eigenvalue weighted by Crippen LogP contribution is 2.23. The fourth-order valence-electron chi connectivity index (χ4n) is 2.39. The van der Waals surface area contributed by atoms with E-state index in [0.717, 1.165) is 4.90 Å². The first kappa shape index (κ1) is 13.5. The third-order valence-electron chi connectivity index (χ3n) is 3.49. The van der Waals surface area contributed by atoms with Gasteiger partial charge in [-0.25, -0.2) is 0 Å². The van der Waals surface area contributed by atoms with Gasteiger partial charge in [0.15, 0.2) is 11.6 Å². The highest BCUT2D eigenvalue weighted by Gasteiger charge is 2.48. The van der Waals surface area contributed by atoms with Crippen LogP contribution in [0.2, 0.25) is 0 Å². The number of likely N-dealkylation sites (tertiary alicyclic amines) is 1. The van der Waals surface area contributed by atoms with Crippen molar-refractivity contribution in [1.82, 2.24) is 10.2 Å². The number of nitrogens with zero attached hydrogens (tertiary/aromatic N) is 2. The van der Waals surface area contributed by atoms with Crippen LogP contribution in [0.4, 0.5) is 0 Å². The number of rotatable bonds is 5. The van der Waals surface area contributed by atoms with Crippen molar-refractivity contribution in [3.63, 3.8) is 0 Å². The van der Waals surface area contributed by atoms with Crippen LogP contribution in [-0.4, -0.2) is 53.8 Å². The molecule has 1 heterocycles. The molecule has 2 amide bonds. The van der Waals surface area contributed by atoms with Crippen LogP contribution in [0.3, 0.4) is 0 Å². The van der Waals surface area contributed by atoms with E-state index in [0.29, 0.717) is 0 Å². The fourth-order valence-corrected chi connectivity index (χ4v) is 2.39. The Bertz CT molecular complexity index is 440. The van der Waals surface area contributed by atoms with E-state index in [-0.39, 0.29) is 62.2 Å². The Balaban J connectivity index is 1.96. The summed E-state index contributed by atoms with van der Waals surface area (Å²) in [5.41, 5.74) is -1.58. The smallest absolute Gasteiger partial charge is 0.229 e. The molecule has 0 radical (unpaired) electrons. The number of hydrogen-bond donors (Lipinski definition) is 1. The highest BCUT2D eigenvalue weighted by molar-refractivity contribution is 6.17. The summed E-state index contributed by atoms with van der Waals surface area (Å²) in [6.45, 7) is 3.58. The van der Waals surface area contributed by atoms with Gasteiger partial charge in [0.25, 0.3) is 0 Å². The van der Waals surface area contributed by atoms with Crippen molar-refractivity contribution in [2.24, 2.45) is 4.99 Å². The average Bonchev–Trinajstić information content (AvgIpc) is 2.85. The van der Waals surface area contributed by atoms with Gasteiger partial charge in [0, 0.05) is 38.8 Å². The van der Waals surface area contributed by atoms with Crippen molar-refractivity contribution in [3.05, 3.63) is 0 Å². The van der Waals surface area contributed by atoms with E-state index in [4.69, 9.17) is 0 Å². The number of carbonyl (C=O) groups excluding carboxylic acids is 4. The van der Waals surface area contributed by atoms with E-state index in [1.54, 1.807) is 0 Å². The standard InChI is InChI=1S/C12H15N3O4/c1-13-12(8(16)2-3-9(12)17)14-6-7-15-10(18)4-5-11(15)19/h14H,1-7H2. The topological polar surface area (TPSA) is 95.9 Å². The van der Waals surface area contributed by atoms with E-state index in [1.807, 2.05) is 0 Å². The maximum absolute atomic E-state index is 11.7. The highest BCUT2D eigenvalue weighted by atomic mass is 16.2. The number of aliphatic imine (C=N–C) groups is 1. The second-order valence-corrected chi connectivity index (χ2v) is 4.58. The molecule has 0 aromatic carbocycles. The zero-order valence-electron chi connectivity index (χ0n) is 10.5. The molecule has 0 spiro atoms. The minimum Gasteiger partial charge on any atom is -0.295 e. The Kier molecular flexibility index (Phi) is 3.57. The number of amides is 2. The molecule has 1 aliphatic heterocycles. The third-order valence-corrected chi connectivity index (χ3v) is 3.49. The van der Waals surface area contributed by atoms with Gasteiger partial charge >= 0.3 is 0 Å². The Morgan fingerprint density at radius 3 is 2.05 bits per heavy atom. The van der Waals surface area contributed by atoms with E-state index in [9.17, 15) is 19.2 Å². The van der Waals surface area contributed by atoms with Crippen LogP contribution in [0.25, 0.3) is 0 Å². The first-order valence-corrected chi connectivity index (χ1v) is 6.14. The maximum Gasteiger partial charge on any atom is 0.229 e. The van der Waals surface area contributed by atoms with Crippen LogP contribution in [0, 0.1) is 0 Å². The van der Waals surface area contributed by atoms with Crippen LogP contribution >= 0.6 is 0 Å². The third kappa shape index (κ3) is 2.21. The monoisotopic (exact) mass is 265 g/mol. The summed E-state index contributed by atoms with van der Waals surface area (Å²) in [6, 6.07) is 0. The van der Waals surface area contributed by atoms with E-state index in [2.05, 4.69) is 17.0 Å². The molecule has 19 heavy (non-hydrogen) atoms. The molecular formula is C12H15N3O4. The Labute approximate surface area is 110 Å². The molecule has 1 N–H and O–H groups in total. The molecule has 0 aromatic rings. The van der Waals surface area contributed by atoms with Crippen molar-refractivity contribution in [2.75, 3.05) is 13.1 Å². The number of hydrogen-bond acceptors (Lipinski definition) is 6. The summed E-state index contributed by atoms with van der Waals surface area (Å²) in [7, 11) is 0. The molecule has 2 aliphatic rings. The quantitative estimate of drug-likeness (QED) is 0.393. The SMILES string of the molecule is C=NC1(NCCN2C(=O)CCC2=O)C(=O)CCC1=O. The van der Waals surface area contributed by atoms with Crippen LogP contribution in [0.1, 0.15) is 25.7 Å². The molecule has 1 aliphatic carbocycles. The summed E-state index contributed by atoms with van der Waals surface area (Å²) in [4.78, 5) is 51.0. The second kappa shape index (κ2) is 5.00. The molecule has 2 fully saturated rings. The van der Waals surface area contributed by atoms with Crippen LogP contribution in [0.15, 0.2) is 4.99 Å². The molecule has 1 saturated heterocycles. The second-order valence-electron chi connectivity index (χ2n) is 4.58. The van der Waals surface area contributed by atoms with Gasteiger partial charge in [0.05, 0.1) is 0 Å². The Morgan fingerprint density at radius 1 is 1.05 bits per heavy atom. The number of carbonyl (C=O) groups is 4. The molecule has 2 rings (SSSR count). The molecule has 0 unspecified atom stereocenters. The molecule has 102 valence electrons. The lowest BCUT2D eigenvalue weighted by Crippen LogP contribution is -2.54. The zero-order valence-corrected chi connectivity index (χ0v) is 10.5. The van der Waals surface area contributed by atoms with Gasteiger partial charge in [0.2, 0.25) is 17.5 Å². The molecule has 0 aromatic heterocycles. The Morgan fingerprint density at radius 2 is 1.58 bits per heavy atom.